The highest BCUT2D eigenvalue weighted by Crippen LogP contribution is 2.35. The van der Waals surface area contributed by atoms with E-state index in [0.29, 0.717) is 15.5 Å². The lowest BCUT2D eigenvalue weighted by atomic mass is 10.0. The van der Waals surface area contributed by atoms with Crippen LogP contribution >= 0.6 is 47.2 Å². The van der Waals surface area contributed by atoms with Crippen LogP contribution in [-0.2, 0) is 16.0 Å². The zero-order valence-electron chi connectivity index (χ0n) is 19.1. The van der Waals surface area contributed by atoms with E-state index in [2.05, 4.69) is 0 Å². The van der Waals surface area contributed by atoms with Crippen molar-refractivity contribution in [1.29, 1.82) is 0 Å². The number of benzene rings is 3. The summed E-state index contributed by atoms with van der Waals surface area (Å²) in [6.07, 6.45) is 4.91. The summed E-state index contributed by atoms with van der Waals surface area (Å²) in [5.74, 6) is -1.81. The number of hydrogen-bond acceptors (Lipinski definition) is 5. The summed E-state index contributed by atoms with van der Waals surface area (Å²) < 4.78 is 0.207. The number of carbonyl (C=O) groups is 3. The molecule has 0 spiro atoms. The molecule has 0 aliphatic carbocycles. The molecule has 1 atom stereocenters. The highest BCUT2D eigenvalue weighted by Gasteiger charge is 2.40. The number of carboxylic acid groups (broad SMARTS) is 1. The van der Waals surface area contributed by atoms with E-state index in [9.17, 15) is 19.5 Å². The number of carbonyl (C=O) groups excluding carboxylic acids is 2. The van der Waals surface area contributed by atoms with Gasteiger partial charge in [0.15, 0.2) is 5.78 Å². The Labute approximate surface area is 233 Å². The van der Waals surface area contributed by atoms with E-state index < -0.39 is 17.9 Å². The summed E-state index contributed by atoms with van der Waals surface area (Å²) in [4.78, 5) is 39.1. The minimum Gasteiger partial charge on any atom is -0.480 e. The number of ketones is 1. The molecule has 1 aliphatic heterocycles. The summed E-state index contributed by atoms with van der Waals surface area (Å²) in [6, 6.07) is 19.9. The van der Waals surface area contributed by atoms with Crippen molar-refractivity contribution in [3.05, 3.63) is 116 Å². The van der Waals surface area contributed by atoms with Crippen LogP contribution in [0.2, 0.25) is 10.0 Å². The largest absolute Gasteiger partial charge is 0.480 e. The highest BCUT2D eigenvalue weighted by molar-refractivity contribution is 8.26. The molecule has 0 bridgehead atoms. The minimum absolute atomic E-state index is 0.150. The fourth-order valence-electron chi connectivity index (χ4n) is 3.68. The first kappa shape index (κ1) is 26.8. The third kappa shape index (κ3) is 6.56. The molecule has 186 valence electrons. The molecule has 0 aromatic heterocycles. The molecule has 1 N–H and O–H groups in total. The fraction of sp³-hybridized carbons (Fsp3) is 0.0714. The smallest absolute Gasteiger partial charge is 0.327 e. The van der Waals surface area contributed by atoms with Crippen molar-refractivity contribution in [2.45, 2.75) is 12.5 Å². The average molecular weight is 569 g/mol. The Morgan fingerprint density at radius 2 is 1.68 bits per heavy atom. The molecule has 1 unspecified atom stereocenters. The SMILES string of the molecule is O=C(/C=C/c1ccc(/C=C2\SC(=S)N(C(Cc3ccccc3)C(=O)O)C2=O)cc1)c1ccc(Cl)cc1Cl. The third-order valence-electron chi connectivity index (χ3n) is 5.55. The standard InChI is InChI=1S/C28H19Cl2NO4S2/c29-20-11-12-21(22(30)16-20)24(32)13-10-17-6-8-19(9-7-17)15-25-26(33)31(28(36)37-25)23(27(34)35)14-18-4-2-1-3-5-18/h1-13,15-16,23H,14H2,(H,34,35)/b13-10+,25-15-. The molecule has 1 aliphatic rings. The normalized spacial score (nSPS) is 15.5. The second-order valence-corrected chi connectivity index (χ2v) is 10.6. The van der Waals surface area contributed by atoms with Crippen LogP contribution < -0.4 is 0 Å². The molecule has 1 fully saturated rings. The number of thioether (sulfide) groups is 1. The average Bonchev–Trinajstić information content (AvgIpc) is 3.14. The van der Waals surface area contributed by atoms with Gasteiger partial charge in [-0.1, -0.05) is 108 Å². The number of aliphatic carboxylic acids is 1. The topological polar surface area (TPSA) is 74.7 Å². The zero-order chi connectivity index (χ0) is 26.5. The Hall–Kier alpha value is -3.23. The van der Waals surface area contributed by atoms with Crippen molar-refractivity contribution in [3.8, 4) is 0 Å². The number of nitrogens with zero attached hydrogens (tertiary/aromatic N) is 1. The summed E-state index contributed by atoms with van der Waals surface area (Å²) in [5, 5.41) is 10.5. The number of hydrogen-bond donors (Lipinski definition) is 1. The third-order valence-corrected chi connectivity index (χ3v) is 7.43. The van der Waals surface area contributed by atoms with Gasteiger partial charge >= 0.3 is 5.97 Å². The van der Waals surface area contributed by atoms with Gasteiger partial charge in [-0.25, -0.2) is 4.79 Å². The molecule has 0 saturated carbocycles. The highest BCUT2D eigenvalue weighted by atomic mass is 35.5. The van der Waals surface area contributed by atoms with Gasteiger partial charge in [-0.05, 0) is 47.0 Å². The van der Waals surface area contributed by atoms with Crippen molar-refractivity contribution in [2.24, 2.45) is 0 Å². The van der Waals surface area contributed by atoms with Crippen molar-refractivity contribution >= 4 is 81.3 Å². The van der Waals surface area contributed by atoms with Crippen LogP contribution in [0.4, 0.5) is 0 Å². The van der Waals surface area contributed by atoms with Crippen LogP contribution in [0.1, 0.15) is 27.0 Å². The predicted octanol–water partition coefficient (Wildman–Crippen LogP) is 6.79. The van der Waals surface area contributed by atoms with Crippen molar-refractivity contribution < 1.29 is 19.5 Å². The number of carboxylic acids is 1. The van der Waals surface area contributed by atoms with Gasteiger partial charge in [0.05, 0.1) is 9.93 Å². The van der Waals surface area contributed by atoms with E-state index in [0.717, 1.165) is 28.5 Å². The van der Waals surface area contributed by atoms with E-state index in [1.165, 1.54) is 17.0 Å². The lowest BCUT2D eigenvalue weighted by Gasteiger charge is -2.23. The van der Waals surface area contributed by atoms with Crippen molar-refractivity contribution in [2.75, 3.05) is 0 Å². The molecular formula is C28H19Cl2NO4S2. The van der Waals surface area contributed by atoms with E-state index in [1.807, 2.05) is 30.3 Å². The maximum atomic E-state index is 13.1. The quantitative estimate of drug-likeness (QED) is 0.183. The Morgan fingerprint density at radius 3 is 2.32 bits per heavy atom. The van der Waals surface area contributed by atoms with Gasteiger partial charge in [0.2, 0.25) is 0 Å². The molecule has 3 aromatic rings. The van der Waals surface area contributed by atoms with Gasteiger partial charge in [-0.15, -0.1) is 0 Å². The number of halogens is 2. The van der Waals surface area contributed by atoms with Crippen LogP contribution in [0.25, 0.3) is 12.2 Å². The fourth-order valence-corrected chi connectivity index (χ4v) is 5.54. The summed E-state index contributed by atoms with van der Waals surface area (Å²) in [7, 11) is 0. The summed E-state index contributed by atoms with van der Waals surface area (Å²) >= 11 is 18.4. The molecule has 1 amide bonds. The first-order chi connectivity index (χ1) is 17.7. The lowest BCUT2D eigenvalue weighted by molar-refractivity contribution is -0.145. The molecule has 0 radical (unpaired) electrons. The van der Waals surface area contributed by atoms with Crippen molar-refractivity contribution in [1.82, 2.24) is 4.90 Å². The summed E-state index contributed by atoms with van der Waals surface area (Å²) in [6.45, 7) is 0. The number of rotatable bonds is 8. The van der Waals surface area contributed by atoms with E-state index in [1.54, 1.807) is 48.6 Å². The Bertz CT molecular complexity index is 1440. The second kappa shape index (κ2) is 11.9. The predicted molar refractivity (Wildman–Crippen MR) is 153 cm³/mol. The first-order valence-corrected chi connectivity index (χ1v) is 13.0. The van der Waals surface area contributed by atoms with Gasteiger partial charge in [-0.3, -0.25) is 14.5 Å². The number of thiocarbonyl (C=S) groups is 1. The maximum absolute atomic E-state index is 13.1. The van der Waals surface area contributed by atoms with E-state index >= 15 is 0 Å². The van der Waals surface area contributed by atoms with Gasteiger partial charge < -0.3 is 5.11 Å². The molecular weight excluding hydrogens is 549 g/mol. The summed E-state index contributed by atoms with van der Waals surface area (Å²) in [5.41, 5.74) is 2.66. The van der Waals surface area contributed by atoms with E-state index in [-0.39, 0.29) is 21.5 Å². The monoisotopic (exact) mass is 567 g/mol. The molecule has 1 heterocycles. The second-order valence-electron chi connectivity index (χ2n) is 8.08. The van der Waals surface area contributed by atoms with Crippen LogP contribution in [0.5, 0.6) is 0 Å². The van der Waals surface area contributed by atoms with Gasteiger partial charge in [0.25, 0.3) is 5.91 Å². The van der Waals surface area contributed by atoms with Crippen LogP contribution in [0, 0.1) is 0 Å². The minimum atomic E-state index is -1.12. The van der Waals surface area contributed by atoms with Crippen LogP contribution in [-0.4, -0.2) is 38.0 Å². The molecule has 3 aromatic carbocycles. The molecule has 37 heavy (non-hydrogen) atoms. The Morgan fingerprint density at radius 1 is 1.00 bits per heavy atom. The van der Waals surface area contributed by atoms with E-state index in [4.69, 9.17) is 35.4 Å². The molecule has 4 rings (SSSR count). The van der Waals surface area contributed by atoms with Crippen LogP contribution in [0.15, 0.2) is 83.8 Å². The van der Waals surface area contributed by atoms with Gasteiger partial charge in [-0.2, -0.15) is 0 Å². The van der Waals surface area contributed by atoms with Gasteiger partial charge in [0, 0.05) is 17.0 Å². The first-order valence-electron chi connectivity index (χ1n) is 11.0. The molecule has 1 saturated heterocycles. The van der Waals surface area contributed by atoms with Crippen LogP contribution in [0.3, 0.4) is 0 Å². The molecule has 5 nitrogen and oxygen atoms in total. The Balaban J connectivity index is 1.47. The molecule has 9 heteroatoms. The maximum Gasteiger partial charge on any atom is 0.327 e. The van der Waals surface area contributed by atoms with Crippen molar-refractivity contribution in [3.63, 3.8) is 0 Å². The zero-order valence-corrected chi connectivity index (χ0v) is 22.3. The lowest BCUT2D eigenvalue weighted by Crippen LogP contribution is -2.45. The van der Waals surface area contributed by atoms with Gasteiger partial charge in [0.1, 0.15) is 10.4 Å². The Kier molecular flexibility index (Phi) is 8.61. The number of allylic oxidation sites excluding steroid dienone is 1. The number of amides is 1.